The molecule has 1 aromatic rings. The summed E-state index contributed by atoms with van der Waals surface area (Å²) in [6.45, 7) is 3.61. The predicted molar refractivity (Wildman–Crippen MR) is 88.1 cm³/mol. The Hall–Kier alpha value is -0.630. The third-order valence-electron chi connectivity index (χ3n) is 3.95. The van der Waals surface area contributed by atoms with Gasteiger partial charge in [-0.25, -0.2) is 8.78 Å². The topological polar surface area (TPSA) is 15.3 Å². The molecule has 9 heteroatoms. The molecule has 1 atom stereocenters. The molecule has 0 radical (unpaired) electrons. The number of hydrogen-bond donors (Lipinski definition) is 1. The molecule has 0 aliphatic carbocycles. The van der Waals surface area contributed by atoms with Crippen LogP contribution in [0.4, 0.5) is 22.0 Å². The number of piperazine rings is 1. The Morgan fingerprint density at radius 3 is 2.25 bits per heavy atom. The Morgan fingerprint density at radius 1 is 1.12 bits per heavy atom. The van der Waals surface area contributed by atoms with E-state index in [2.05, 4.69) is 5.32 Å². The number of hydrogen-bond acceptors (Lipinski definition) is 2. The van der Waals surface area contributed by atoms with Crippen LogP contribution in [0.25, 0.3) is 0 Å². The van der Waals surface area contributed by atoms with Gasteiger partial charge in [-0.3, -0.25) is 4.90 Å². The lowest BCUT2D eigenvalue weighted by molar-refractivity contribution is -0.138. The predicted octanol–water partition coefficient (Wildman–Crippen LogP) is 4.41. The number of nitrogens with one attached hydrogen (secondary N) is 1. The van der Waals surface area contributed by atoms with E-state index in [4.69, 9.17) is 0 Å². The van der Waals surface area contributed by atoms with Crippen molar-refractivity contribution in [2.75, 3.05) is 26.2 Å². The summed E-state index contributed by atoms with van der Waals surface area (Å²) in [7, 11) is 0. The van der Waals surface area contributed by atoms with E-state index in [0.717, 1.165) is 6.07 Å². The monoisotopic (exact) mass is 394 g/mol. The van der Waals surface area contributed by atoms with Crippen molar-refractivity contribution >= 4 is 24.8 Å². The smallest absolute Gasteiger partial charge is 0.314 e. The van der Waals surface area contributed by atoms with Gasteiger partial charge in [-0.1, -0.05) is 6.07 Å². The van der Waals surface area contributed by atoms with Crippen LogP contribution in [-0.4, -0.2) is 37.3 Å². The zero-order valence-corrected chi connectivity index (χ0v) is 14.8. The molecule has 1 fully saturated rings. The summed E-state index contributed by atoms with van der Waals surface area (Å²) in [5.41, 5.74) is -0.00491. The number of benzene rings is 1. The highest BCUT2D eigenvalue weighted by molar-refractivity contribution is 5.85. The lowest BCUT2D eigenvalue weighted by Gasteiger charge is -2.36. The van der Waals surface area contributed by atoms with Crippen LogP contribution < -0.4 is 5.32 Å². The zero-order chi connectivity index (χ0) is 16.3. The van der Waals surface area contributed by atoms with Gasteiger partial charge in [0.25, 0.3) is 0 Å². The lowest BCUT2D eigenvalue weighted by atomic mass is 9.96. The van der Waals surface area contributed by atoms with Crippen LogP contribution in [0.1, 0.15) is 30.0 Å². The number of alkyl halides is 3. The van der Waals surface area contributed by atoms with Crippen molar-refractivity contribution in [3.8, 4) is 0 Å². The highest BCUT2D eigenvalue weighted by Crippen LogP contribution is 2.35. The fraction of sp³-hybridized carbons (Fsp3) is 0.600. The summed E-state index contributed by atoms with van der Waals surface area (Å²) >= 11 is 0. The van der Waals surface area contributed by atoms with E-state index in [1.54, 1.807) is 4.90 Å². The van der Waals surface area contributed by atoms with E-state index in [-0.39, 0.29) is 42.4 Å². The Labute approximate surface area is 150 Å². The largest absolute Gasteiger partial charge is 0.389 e. The first-order chi connectivity index (χ1) is 10.3. The molecule has 1 N–H and O–H groups in total. The molecule has 0 aromatic heterocycles. The van der Waals surface area contributed by atoms with Crippen LogP contribution in [0.2, 0.25) is 0 Å². The molecule has 2 nitrogen and oxygen atoms in total. The number of aryl methyl sites for hydroxylation is 1. The molecule has 1 saturated heterocycles. The van der Waals surface area contributed by atoms with Gasteiger partial charge >= 0.3 is 6.18 Å². The highest BCUT2D eigenvalue weighted by atomic mass is 35.5. The van der Waals surface area contributed by atoms with E-state index in [0.29, 0.717) is 26.2 Å². The summed E-state index contributed by atoms with van der Waals surface area (Å²) in [4.78, 5) is 1.73. The Kier molecular flexibility index (Phi) is 9.49. The first-order valence-electron chi connectivity index (χ1n) is 7.25. The second-order valence-electron chi connectivity index (χ2n) is 5.55. The summed E-state index contributed by atoms with van der Waals surface area (Å²) in [6.07, 6.45) is -5.75. The average Bonchev–Trinajstić information content (AvgIpc) is 2.46. The number of nitrogens with zero attached hydrogens (tertiary/aromatic N) is 1. The minimum atomic E-state index is -4.34. The van der Waals surface area contributed by atoms with Crippen LogP contribution >= 0.6 is 24.8 Å². The maximum atomic E-state index is 14.3. The van der Waals surface area contributed by atoms with Crippen molar-refractivity contribution in [3.63, 3.8) is 0 Å². The van der Waals surface area contributed by atoms with E-state index < -0.39 is 30.3 Å². The molecule has 0 spiro atoms. The molecule has 1 aliphatic heterocycles. The van der Waals surface area contributed by atoms with Crippen LogP contribution in [0.3, 0.4) is 0 Å². The first-order valence-corrected chi connectivity index (χ1v) is 7.25. The van der Waals surface area contributed by atoms with Crippen molar-refractivity contribution in [3.05, 3.63) is 34.9 Å². The SMILES string of the molecule is Cc1ccc(F)c([C@H](CCC(F)(F)F)N2CCNCC2)c1F.Cl.Cl. The van der Waals surface area contributed by atoms with Gasteiger partial charge < -0.3 is 5.32 Å². The van der Waals surface area contributed by atoms with Gasteiger partial charge in [0.15, 0.2) is 0 Å². The Morgan fingerprint density at radius 2 is 1.71 bits per heavy atom. The average molecular weight is 395 g/mol. The van der Waals surface area contributed by atoms with Gasteiger partial charge in [0.05, 0.1) is 0 Å². The van der Waals surface area contributed by atoms with Crippen molar-refractivity contribution < 1.29 is 22.0 Å². The Balaban J connectivity index is 0.00000264. The number of halogens is 7. The van der Waals surface area contributed by atoms with E-state index in [1.807, 2.05) is 0 Å². The molecule has 0 bridgehead atoms. The number of rotatable bonds is 4. The van der Waals surface area contributed by atoms with Crippen molar-refractivity contribution in [1.29, 1.82) is 0 Å². The molecule has 1 aliphatic rings. The van der Waals surface area contributed by atoms with Crippen LogP contribution in [-0.2, 0) is 0 Å². The van der Waals surface area contributed by atoms with E-state index >= 15 is 0 Å². The maximum Gasteiger partial charge on any atom is 0.389 e. The molecule has 0 unspecified atom stereocenters. The standard InChI is InChI=1S/C15H19F5N2.2ClH/c1-10-2-3-11(16)13(14(10)17)12(4-5-15(18,19)20)22-8-6-21-7-9-22;;/h2-3,12,21H,4-9H2,1H3;2*1H/t12-;;/m0../s1. The van der Waals surface area contributed by atoms with Gasteiger partial charge in [0.2, 0.25) is 0 Å². The fourth-order valence-electron chi connectivity index (χ4n) is 2.79. The quantitative estimate of drug-likeness (QED) is 0.761. The van der Waals surface area contributed by atoms with Gasteiger partial charge in [0.1, 0.15) is 11.6 Å². The summed E-state index contributed by atoms with van der Waals surface area (Å²) < 4.78 is 66.1. The van der Waals surface area contributed by atoms with Gasteiger partial charge in [-0.05, 0) is 25.0 Å². The molecule has 1 aromatic carbocycles. The van der Waals surface area contributed by atoms with E-state index in [9.17, 15) is 22.0 Å². The van der Waals surface area contributed by atoms with E-state index in [1.165, 1.54) is 13.0 Å². The summed E-state index contributed by atoms with van der Waals surface area (Å²) in [5, 5.41) is 3.08. The third kappa shape index (κ3) is 6.02. The molecule has 0 amide bonds. The minimum absolute atomic E-state index is 0. The molecule has 140 valence electrons. The van der Waals surface area contributed by atoms with Crippen molar-refractivity contribution in [1.82, 2.24) is 10.2 Å². The van der Waals surface area contributed by atoms with Crippen molar-refractivity contribution in [2.24, 2.45) is 0 Å². The zero-order valence-electron chi connectivity index (χ0n) is 13.1. The molecule has 2 rings (SSSR count). The molecule has 24 heavy (non-hydrogen) atoms. The Bertz CT molecular complexity index is 519. The van der Waals surface area contributed by atoms with Crippen LogP contribution in [0.15, 0.2) is 12.1 Å². The second kappa shape index (κ2) is 9.75. The summed E-state index contributed by atoms with van der Waals surface area (Å²) in [6, 6.07) is 1.52. The van der Waals surface area contributed by atoms with Crippen LogP contribution in [0, 0.1) is 18.6 Å². The van der Waals surface area contributed by atoms with Crippen molar-refractivity contribution in [2.45, 2.75) is 32.0 Å². The highest BCUT2D eigenvalue weighted by Gasteiger charge is 2.33. The first kappa shape index (κ1) is 23.4. The normalized spacial score (nSPS) is 16.9. The van der Waals surface area contributed by atoms with Gasteiger partial charge in [-0.2, -0.15) is 13.2 Å². The molecular formula is C15H21Cl2F5N2. The molecule has 0 saturated carbocycles. The van der Waals surface area contributed by atoms with Gasteiger partial charge in [0, 0.05) is 44.2 Å². The molecular weight excluding hydrogens is 374 g/mol. The fourth-order valence-corrected chi connectivity index (χ4v) is 2.79. The summed E-state index contributed by atoms with van der Waals surface area (Å²) in [5.74, 6) is -1.53. The van der Waals surface area contributed by atoms with Gasteiger partial charge in [-0.15, -0.1) is 24.8 Å². The van der Waals surface area contributed by atoms with Crippen LogP contribution in [0.5, 0.6) is 0 Å². The minimum Gasteiger partial charge on any atom is -0.314 e. The second-order valence-corrected chi connectivity index (χ2v) is 5.55. The maximum absolute atomic E-state index is 14.3. The third-order valence-corrected chi connectivity index (χ3v) is 3.95. The molecule has 1 heterocycles. The lowest BCUT2D eigenvalue weighted by Crippen LogP contribution is -2.45.